The van der Waals surface area contributed by atoms with Crippen LogP contribution in [0.3, 0.4) is 0 Å². The van der Waals surface area contributed by atoms with Gasteiger partial charge >= 0.3 is 0 Å². The van der Waals surface area contributed by atoms with Gasteiger partial charge in [-0.2, -0.15) is 0 Å². The second-order valence-electron chi connectivity index (χ2n) is 7.08. The SMILES string of the molecule is COc1cc(OC)cc(C(C)Nc2cc(N3CCNCC3)ccc2C[SH](=O)=O)c1. The molecule has 0 radical (unpaired) electrons. The van der Waals surface area contributed by atoms with Crippen LogP contribution in [0.1, 0.15) is 24.1 Å². The lowest BCUT2D eigenvalue weighted by Gasteiger charge is -2.30. The molecule has 0 saturated carbocycles. The second kappa shape index (κ2) is 9.84. The Kier molecular flexibility index (Phi) is 7.22. The zero-order chi connectivity index (χ0) is 20.8. The van der Waals surface area contributed by atoms with Gasteiger partial charge in [0, 0.05) is 49.7 Å². The molecule has 1 saturated heterocycles. The second-order valence-corrected chi connectivity index (χ2v) is 8.06. The van der Waals surface area contributed by atoms with Crippen LogP contribution < -0.4 is 25.0 Å². The van der Waals surface area contributed by atoms with Crippen LogP contribution in [0.2, 0.25) is 0 Å². The fourth-order valence-corrected chi connectivity index (χ4v) is 4.05. The molecule has 2 aromatic rings. The van der Waals surface area contributed by atoms with Crippen LogP contribution in [0, 0.1) is 0 Å². The zero-order valence-corrected chi connectivity index (χ0v) is 18.0. The topological polar surface area (TPSA) is 79.9 Å². The lowest BCUT2D eigenvalue weighted by Crippen LogP contribution is -2.43. The monoisotopic (exact) mass is 419 g/mol. The Balaban J connectivity index is 1.90. The van der Waals surface area contributed by atoms with E-state index >= 15 is 0 Å². The molecule has 3 rings (SSSR count). The summed E-state index contributed by atoms with van der Waals surface area (Å²) >= 11 is 0. The molecule has 1 heterocycles. The summed E-state index contributed by atoms with van der Waals surface area (Å²) in [6, 6.07) is 11.6. The van der Waals surface area contributed by atoms with Crippen molar-refractivity contribution < 1.29 is 17.9 Å². The Hall–Kier alpha value is -2.45. The number of anilines is 2. The van der Waals surface area contributed by atoms with E-state index in [2.05, 4.69) is 15.5 Å². The molecular formula is C21H29N3O4S. The molecule has 1 aliphatic rings. The van der Waals surface area contributed by atoms with Crippen LogP contribution in [0.4, 0.5) is 11.4 Å². The van der Waals surface area contributed by atoms with E-state index in [1.54, 1.807) is 14.2 Å². The van der Waals surface area contributed by atoms with Gasteiger partial charge < -0.3 is 25.0 Å². The third-order valence-electron chi connectivity index (χ3n) is 5.12. The number of thiol groups is 1. The van der Waals surface area contributed by atoms with E-state index in [9.17, 15) is 8.42 Å². The molecule has 2 N–H and O–H groups in total. The molecule has 2 aromatic carbocycles. The fraction of sp³-hybridized carbons (Fsp3) is 0.429. The van der Waals surface area contributed by atoms with Gasteiger partial charge in [-0.05, 0) is 42.3 Å². The summed E-state index contributed by atoms with van der Waals surface area (Å²) in [5.74, 6) is 1.43. The first kappa shape index (κ1) is 21.3. The van der Waals surface area contributed by atoms with Gasteiger partial charge in [0.15, 0.2) is 0 Å². The van der Waals surface area contributed by atoms with E-state index in [0.29, 0.717) is 11.5 Å². The number of rotatable bonds is 8. The van der Waals surface area contributed by atoms with Gasteiger partial charge in [-0.15, -0.1) is 0 Å². The summed E-state index contributed by atoms with van der Waals surface area (Å²) in [4.78, 5) is 2.31. The molecule has 0 spiro atoms. The zero-order valence-electron chi connectivity index (χ0n) is 17.1. The third kappa shape index (κ3) is 5.55. The minimum atomic E-state index is -2.52. The van der Waals surface area contributed by atoms with Crippen LogP contribution >= 0.6 is 0 Å². The molecular weight excluding hydrogens is 390 g/mol. The number of hydrogen-bond acceptors (Lipinski definition) is 7. The largest absolute Gasteiger partial charge is 0.497 e. The van der Waals surface area contributed by atoms with Crippen molar-refractivity contribution in [1.82, 2.24) is 5.32 Å². The van der Waals surface area contributed by atoms with Crippen molar-refractivity contribution in [2.75, 3.05) is 50.6 Å². The van der Waals surface area contributed by atoms with Gasteiger partial charge in [-0.3, -0.25) is 0 Å². The number of ether oxygens (including phenoxy) is 2. The highest BCUT2D eigenvalue weighted by Gasteiger charge is 2.16. The summed E-state index contributed by atoms with van der Waals surface area (Å²) < 4.78 is 33.5. The molecule has 1 unspecified atom stereocenters. The molecule has 158 valence electrons. The molecule has 1 aliphatic heterocycles. The fourth-order valence-electron chi connectivity index (χ4n) is 3.49. The third-order valence-corrected chi connectivity index (χ3v) is 5.72. The smallest absolute Gasteiger partial charge is 0.144 e. The van der Waals surface area contributed by atoms with E-state index in [1.165, 1.54) is 0 Å². The van der Waals surface area contributed by atoms with Gasteiger partial charge in [0.2, 0.25) is 0 Å². The van der Waals surface area contributed by atoms with Crippen molar-refractivity contribution in [3.63, 3.8) is 0 Å². The number of nitrogens with one attached hydrogen (secondary N) is 2. The maximum absolute atomic E-state index is 11.4. The Morgan fingerprint density at radius 2 is 1.72 bits per heavy atom. The average molecular weight is 420 g/mol. The maximum Gasteiger partial charge on any atom is 0.144 e. The normalized spacial score (nSPS) is 15.2. The number of hydrogen-bond donors (Lipinski definition) is 3. The van der Waals surface area contributed by atoms with Crippen molar-refractivity contribution in [3.05, 3.63) is 47.5 Å². The molecule has 7 nitrogen and oxygen atoms in total. The molecule has 0 aromatic heterocycles. The summed E-state index contributed by atoms with van der Waals surface area (Å²) in [5, 5.41) is 6.84. The molecule has 1 fully saturated rings. The highest BCUT2D eigenvalue weighted by molar-refractivity contribution is 7.71. The molecule has 0 bridgehead atoms. The summed E-state index contributed by atoms with van der Waals surface area (Å²) in [6.07, 6.45) is 0. The molecule has 29 heavy (non-hydrogen) atoms. The predicted octanol–water partition coefficient (Wildman–Crippen LogP) is 2.40. The van der Waals surface area contributed by atoms with E-state index in [1.807, 2.05) is 43.3 Å². The van der Waals surface area contributed by atoms with Crippen molar-refractivity contribution in [2.24, 2.45) is 0 Å². The van der Waals surface area contributed by atoms with Crippen LogP contribution in [0.15, 0.2) is 36.4 Å². The number of nitrogens with zero attached hydrogens (tertiary/aromatic N) is 1. The van der Waals surface area contributed by atoms with E-state index in [-0.39, 0.29) is 11.8 Å². The number of methoxy groups -OCH3 is 2. The van der Waals surface area contributed by atoms with E-state index in [0.717, 1.165) is 48.7 Å². The summed E-state index contributed by atoms with van der Waals surface area (Å²) in [6.45, 7) is 5.77. The van der Waals surface area contributed by atoms with Crippen molar-refractivity contribution in [2.45, 2.75) is 18.7 Å². The van der Waals surface area contributed by atoms with Gasteiger partial charge in [-0.25, -0.2) is 8.42 Å². The first-order chi connectivity index (χ1) is 14.0. The predicted molar refractivity (Wildman–Crippen MR) is 117 cm³/mol. The minimum absolute atomic E-state index is 0.00759. The Morgan fingerprint density at radius 1 is 1.07 bits per heavy atom. The number of piperazine rings is 1. The maximum atomic E-state index is 11.4. The van der Waals surface area contributed by atoms with Gasteiger partial charge in [-0.1, -0.05) is 6.07 Å². The van der Waals surface area contributed by atoms with Gasteiger partial charge in [0.25, 0.3) is 0 Å². The standard InChI is InChI=1S/C21H29N3O4S/c1-15(17-10-19(27-2)13-20(11-17)28-3)23-21-12-18(24-8-6-22-7-9-24)5-4-16(21)14-29(25)26/h4-5,10-13,15,22-23,29H,6-9,14H2,1-3H3. The quantitative estimate of drug-likeness (QED) is 0.567. The lowest BCUT2D eigenvalue weighted by molar-refractivity contribution is 0.393. The molecule has 0 amide bonds. The van der Waals surface area contributed by atoms with Crippen LogP contribution in [0.25, 0.3) is 0 Å². The average Bonchev–Trinajstić information content (AvgIpc) is 2.74. The molecule has 8 heteroatoms. The van der Waals surface area contributed by atoms with Crippen molar-refractivity contribution in [3.8, 4) is 11.5 Å². The summed E-state index contributed by atoms with van der Waals surface area (Å²) in [7, 11) is 0.728. The van der Waals surface area contributed by atoms with E-state index < -0.39 is 10.7 Å². The highest BCUT2D eigenvalue weighted by atomic mass is 32.2. The first-order valence-electron chi connectivity index (χ1n) is 9.70. The van der Waals surface area contributed by atoms with Crippen LogP contribution in [0.5, 0.6) is 11.5 Å². The van der Waals surface area contributed by atoms with Gasteiger partial charge in [0.05, 0.1) is 20.0 Å². The Labute approximate surface area is 174 Å². The van der Waals surface area contributed by atoms with Crippen LogP contribution in [-0.2, 0) is 16.5 Å². The first-order valence-corrected chi connectivity index (χ1v) is 11.1. The Bertz CT molecular complexity index is 881. The minimum Gasteiger partial charge on any atom is -0.497 e. The van der Waals surface area contributed by atoms with Gasteiger partial charge in [0.1, 0.15) is 22.2 Å². The molecule has 1 atom stereocenters. The van der Waals surface area contributed by atoms with Crippen molar-refractivity contribution >= 4 is 22.1 Å². The number of benzene rings is 2. The van der Waals surface area contributed by atoms with Crippen molar-refractivity contribution in [1.29, 1.82) is 0 Å². The van der Waals surface area contributed by atoms with Crippen LogP contribution in [-0.4, -0.2) is 48.8 Å². The molecule has 0 aliphatic carbocycles. The Morgan fingerprint density at radius 3 is 2.31 bits per heavy atom. The summed E-state index contributed by atoms with van der Waals surface area (Å²) in [5.41, 5.74) is 3.68. The van der Waals surface area contributed by atoms with E-state index in [4.69, 9.17) is 9.47 Å². The highest BCUT2D eigenvalue weighted by Crippen LogP contribution is 2.31. The lowest BCUT2D eigenvalue weighted by atomic mass is 10.1.